The molecule has 17 nitrogen and oxygen atoms in total. The van der Waals surface area contributed by atoms with Crippen LogP contribution in [0.1, 0.15) is 304 Å². The quantitative estimate of drug-likeness (QED) is 0.0222. The van der Waals surface area contributed by atoms with Crippen LogP contribution >= 0.6 is 15.6 Å². The standard InChI is InChI=1S/C61H118O17P2/c1-6-9-12-15-28-34-39-44-58(63)71-50-56(77-60(65)46-41-36-30-17-14-11-8-3)52-75-79(67,68)73-48-55(62)49-74-80(69,70)76-53-57(51-72-59(64)45-40-35-29-16-13-10-7-2)78-61(66)47-42-37-32-27-25-23-21-19-18-20-22-24-26-31-33-38-43-54(4)5/h54-57,62H,6-53H2,1-5H3,(H,67,68)(H,69,70)/t55-,56+,57+/m0/s1. The molecule has 2 unspecified atom stereocenters. The summed E-state index contributed by atoms with van der Waals surface area (Å²) in [4.78, 5) is 71.7. The van der Waals surface area contributed by atoms with Crippen molar-refractivity contribution in [2.75, 3.05) is 39.6 Å². The fourth-order valence-electron chi connectivity index (χ4n) is 9.05. The van der Waals surface area contributed by atoms with Gasteiger partial charge in [0.15, 0.2) is 12.2 Å². The van der Waals surface area contributed by atoms with Crippen LogP contribution in [-0.4, -0.2) is 96.7 Å². The number of carbonyl (C=O) groups excluding carboxylic acids is 4. The lowest BCUT2D eigenvalue weighted by atomic mass is 10.0. The fraction of sp³-hybridized carbons (Fsp3) is 0.934. The lowest BCUT2D eigenvalue weighted by Crippen LogP contribution is -2.30. The van der Waals surface area contributed by atoms with Crippen molar-refractivity contribution in [3.05, 3.63) is 0 Å². The van der Waals surface area contributed by atoms with Gasteiger partial charge in [0.05, 0.1) is 26.4 Å². The van der Waals surface area contributed by atoms with Gasteiger partial charge in [-0.2, -0.15) is 0 Å². The molecule has 0 heterocycles. The second-order valence-electron chi connectivity index (χ2n) is 22.6. The topological polar surface area (TPSA) is 237 Å². The molecule has 0 bridgehead atoms. The van der Waals surface area contributed by atoms with Gasteiger partial charge in [0.1, 0.15) is 19.3 Å². The van der Waals surface area contributed by atoms with E-state index in [4.69, 9.17) is 37.0 Å². The van der Waals surface area contributed by atoms with Crippen molar-refractivity contribution in [1.82, 2.24) is 0 Å². The molecule has 0 amide bonds. The average molecular weight is 1190 g/mol. The summed E-state index contributed by atoms with van der Waals surface area (Å²) in [6.07, 6.45) is 38.0. The maximum atomic E-state index is 12.9. The highest BCUT2D eigenvalue weighted by molar-refractivity contribution is 7.47. The van der Waals surface area contributed by atoms with Crippen LogP contribution in [0.2, 0.25) is 0 Å². The van der Waals surface area contributed by atoms with E-state index >= 15 is 0 Å². The summed E-state index contributed by atoms with van der Waals surface area (Å²) in [5, 5.41) is 10.5. The zero-order valence-electron chi connectivity index (χ0n) is 51.2. The molecule has 19 heteroatoms. The monoisotopic (exact) mass is 1180 g/mol. The van der Waals surface area contributed by atoms with Crippen LogP contribution < -0.4 is 0 Å². The van der Waals surface area contributed by atoms with E-state index in [1.807, 2.05) is 0 Å². The van der Waals surface area contributed by atoms with Crippen LogP contribution in [0.3, 0.4) is 0 Å². The van der Waals surface area contributed by atoms with Gasteiger partial charge in [-0.05, 0) is 31.6 Å². The first-order valence-corrected chi connectivity index (χ1v) is 35.1. The Labute approximate surface area is 486 Å². The summed E-state index contributed by atoms with van der Waals surface area (Å²) in [6.45, 7) is 7.08. The van der Waals surface area contributed by atoms with Crippen LogP contribution in [0.4, 0.5) is 0 Å². The molecule has 0 aliphatic rings. The number of esters is 4. The van der Waals surface area contributed by atoms with Crippen LogP contribution in [0, 0.1) is 5.92 Å². The number of rotatable bonds is 61. The van der Waals surface area contributed by atoms with Crippen molar-refractivity contribution in [3.63, 3.8) is 0 Å². The largest absolute Gasteiger partial charge is 0.472 e. The maximum Gasteiger partial charge on any atom is 0.472 e. The summed E-state index contributed by atoms with van der Waals surface area (Å²) in [7, 11) is -9.86. The van der Waals surface area contributed by atoms with Gasteiger partial charge >= 0.3 is 39.5 Å². The van der Waals surface area contributed by atoms with Crippen LogP contribution in [0.15, 0.2) is 0 Å². The minimum absolute atomic E-state index is 0.103. The van der Waals surface area contributed by atoms with Gasteiger partial charge in [0.2, 0.25) is 0 Å². The summed E-state index contributed by atoms with van der Waals surface area (Å²) in [5.74, 6) is -1.34. The Balaban J connectivity index is 5.06. The predicted molar refractivity (Wildman–Crippen MR) is 317 cm³/mol. The minimum Gasteiger partial charge on any atom is -0.462 e. The third kappa shape index (κ3) is 55.3. The maximum absolute atomic E-state index is 12.9. The van der Waals surface area contributed by atoms with Crippen molar-refractivity contribution in [1.29, 1.82) is 0 Å². The Morgan fingerprint density at radius 2 is 0.575 bits per heavy atom. The number of unbranched alkanes of at least 4 members (excludes halogenated alkanes) is 33. The lowest BCUT2D eigenvalue weighted by molar-refractivity contribution is -0.161. The molecule has 0 aromatic carbocycles. The Morgan fingerprint density at radius 3 is 0.850 bits per heavy atom. The molecule has 0 fully saturated rings. The van der Waals surface area contributed by atoms with Crippen LogP contribution in [0.5, 0.6) is 0 Å². The highest BCUT2D eigenvalue weighted by Gasteiger charge is 2.30. The Hall–Kier alpha value is -1.94. The summed E-state index contributed by atoms with van der Waals surface area (Å²) < 4.78 is 67.5. The van der Waals surface area contributed by atoms with Crippen LogP contribution in [0.25, 0.3) is 0 Å². The molecule has 80 heavy (non-hydrogen) atoms. The van der Waals surface area contributed by atoms with Crippen LogP contribution in [-0.2, 0) is 65.4 Å². The molecule has 0 saturated carbocycles. The number of ether oxygens (including phenoxy) is 4. The molecule has 0 aromatic rings. The van der Waals surface area contributed by atoms with E-state index in [-0.39, 0.29) is 25.7 Å². The second-order valence-corrected chi connectivity index (χ2v) is 25.5. The van der Waals surface area contributed by atoms with Gasteiger partial charge in [-0.25, -0.2) is 9.13 Å². The second kappa shape index (κ2) is 55.0. The fourth-order valence-corrected chi connectivity index (χ4v) is 10.6. The van der Waals surface area contributed by atoms with Crippen molar-refractivity contribution < 1.29 is 80.2 Å². The lowest BCUT2D eigenvalue weighted by Gasteiger charge is -2.21. The number of carbonyl (C=O) groups is 4. The van der Waals surface area contributed by atoms with Crippen molar-refractivity contribution in [2.45, 2.75) is 323 Å². The molecular weight excluding hydrogens is 1070 g/mol. The number of aliphatic hydroxyl groups is 1. The third-order valence-corrected chi connectivity index (χ3v) is 15.9. The minimum atomic E-state index is -4.94. The summed E-state index contributed by atoms with van der Waals surface area (Å²) in [6, 6.07) is 0. The van der Waals surface area contributed by atoms with E-state index in [1.165, 1.54) is 89.9 Å². The Kier molecular flexibility index (Phi) is 53.6. The van der Waals surface area contributed by atoms with E-state index in [0.717, 1.165) is 134 Å². The highest BCUT2D eigenvalue weighted by atomic mass is 31.2. The van der Waals surface area contributed by atoms with Gasteiger partial charge in [0.25, 0.3) is 0 Å². The summed E-state index contributed by atoms with van der Waals surface area (Å²) >= 11 is 0. The van der Waals surface area contributed by atoms with Gasteiger partial charge < -0.3 is 33.8 Å². The van der Waals surface area contributed by atoms with E-state index in [0.29, 0.717) is 25.7 Å². The first kappa shape index (κ1) is 78.1. The molecule has 0 spiro atoms. The van der Waals surface area contributed by atoms with Gasteiger partial charge in [-0.15, -0.1) is 0 Å². The summed E-state index contributed by atoms with van der Waals surface area (Å²) in [5.41, 5.74) is 0. The Morgan fingerprint density at radius 1 is 0.338 bits per heavy atom. The van der Waals surface area contributed by atoms with Crippen molar-refractivity contribution >= 4 is 39.5 Å². The molecule has 0 saturated heterocycles. The zero-order valence-corrected chi connectivity index (χ0v) is 53.0. The van der Waals surface area contributed by atoms with E-state index in [2.05, 4.69) is 34.6 Å². The Bertz CT molecular complexity index is 1570. The molecule has 0 aromatic heterocycles. The number of phosphoric ester groups is 2. The molecule has 3 N–H and O–H groups in total. The molecular formula is C61H118O17P2. The highest BCUT2D eigenvalue weighted by Crippen LogP contribution is 2.45. The predicted octanol–water partition coefficient (Wildman–Crippen LogP) is 16.6. The third-order valence-electron chi connectivity index (χ3n) is 14.0. The molecule has 5 atom stereocenters. The van der Waals surface area contributed by atoms with Gasteiger partial charge in [0, 0.05) is 25.7 Å². The zero-order chi connectivity index (χ0) is 59.2. The SMILES string of the molecule is CCCCCCCCCC(=O)OC[C@H](COP(=O)(O)OC[C@H](O)COP(=O)(O)OC[C@@H](COC(=O)CCCCCCCCC)OC(=O)CCCCCCCCCCCCCCCCCCC(C)C)OC(=O)CCCCCCCCC. The molecule has 0 aliphatic carbocycles. The first-order valence-electron chi connectivity index (χ1n) is 32.1. The number of phosphoric acid groups is 2. The average Bonchev–Trinajstić information content (AvgIpc) is 3.42. The van der Waals surface area contributed by atoms with E-state index in [9.17, 15) is 43.2 Å². The van der Waals surface area contributed by atoms with E-state index < -0.39 is 97.5 Å². The van der Waals surface area contributed by atoms with Crippen molar-refractivity contribution in [2.24, 2.45) is 5.92 Å². The van der Waals surface area contributed by atoms with E-state index in [1.54, 1.807) is 0 Å². The van der Waals surface area contributed by atoms with Gasteiger partial charge in [-0.1, -0.05) is 253 Å². The number of hydrogen-bond acceptors (Lipinski definition) is 15. The number of aliphatic hydroxyl groups excluding tert-OH is 1. The molecule has 0 aliphatic heterocycles. The molecule has 474 valence electrons. The normalized spacial score (nSPS) is 14.3. The van der Waals surface area contributed by atoms with Crippen molar-refractivity contribution in [3.8, 4) is 0 Å². The first-order chi connectivity index (χ1) is 38.5. The van der Waals surface area contributed by atoms with Gasteiger partial charge in [-0.3, -0.25) is 37.3 Å². The smallest absolute Gasteiger partial charge is 0.462 e. The number of hydrogen-bond donors (Lipinski definition) is 3. The molecule has 0 radical (unpaired) electrons. The molecule has 0 rings (SSSR count).